The molecule has 0 N–H and O–H groups in total. The molecule has 1 heterocycles. The number of aromatic nitrogens is 1. The molecule has 128 valence electrons. The predicted octanol–water partition coefficient (Wildman–Crippen LogP) is 6.37. The molecule has 0 spiro atoms. The smallest absolute Gasteiger partial charge is 0.192 e. The Morgan fingerprint density at radius 1 is 0.593 bits per heavy atom. The summed E-state index contributed by atoms with van der Waals surface area (Å²) in [7, 11) is 0.0506. The van der Waals surface area contributed by atoms with Crippen LogP contribution < -0.4 is 5.30 Å². The lowest BCUT2D eigenvalue weighted by Crippen LogP contribution is -1.97. The highest BCUT2D eigenvalue weighted by molar-refractivity contribution is 7.34. The molecule has 3 heteroatoms. The molecule has 0 saturated carbocycles. The third-order valence-electron chi connectivity index (χ3n) is 5.01. The first-order chi connectivity index (χ1) is 13.4. The number of benzene rings is 4. The van der Waals surface area contributed by atoms with Crippen molar-refractivity contribution >= 4 is 35.6 Å². The third-order valence-corrected chi connectivity index (χ3v) is 5.52. The first kappa shape index (κ1) is 16.0. The topological polar surface area (TPSA) is 22.0 Å². The van der Waals surface area contributed by atoms with Crippen molar-refractivity contribution < 1.29 is 4.57 Å². The average molecular weight is 365 g/mol. The van der Waals surface area contributed by atoms with E-state index in [4.69, 9.17) is 0 Å². The third kappa shape index (κ3) is 2.58. The summed E-state index contributed by atoms with van der Waals surface area (Å²) in [6.45, 7) is 0. The van der Waals surface area contributed by atoms with Gasteiger partial charge in [-0.15, -0.1) is 0 Å². The van der Waals surface area contributed by atoms with Gasteiger partial charge < -0.3 is 4.57 Å². The molecule has 0 radical (unpaired) electrons. The summed E-state index contributed by atoms with van der Waals surface area (Å²) in [6.07, 6.45) is 0. The van der Waals surface area contributed by atoms with E-state index >= 15 is 0 Å². The summed E-state index contributed by atoms with van der Waals surface area (Å²) >= 11 is 0. The minimum absolute atomic E-state index is 0.0506. The molecule has 5 rings (SSSR count). The molecule has 27 heavy (non-hydrogen) atoms. The lowest BCUT2D eigenvalue weighted by molar-refractivity contribution is 0.603. The van der Waals surface area contributed by atoms with Crippen molar-refractivity contribution in [3.05, 3.63) is 97.1 Å². The summed E-state index contributed by atoms with van der Waals surface area (Å²) in [4.78, 5) is 0. The van der Waals surface area contributed by atoms with Gasteiger partial charge in [0.1, 0.15) is 0 Å². The monoisotopic (exact) mass is 365 g/mol. The van der Waals surface area contributed by atoms with Crippen molar-refractivity contribution in [2.45, 2.75) is 0 Å². The number of para-hydroxylation sites is 3. The number of hydrogen-bond acceptors (Lipinski definition) is 1. The molecule has 4 aromatic carbocycles. The molecule has 5 aromatic rings. The van der Waals surface area contributed by atoms with Crippen molar-refractivity contribution in [1.82, 2.24) is 4.57 Å². The van der Waals surface area contributed by atoms with Crippen LogP contribution in [0.1, 0.15) is 0 Å². The first-order valence-corrected chi connectivity index (χ1v) is 9.69. The summed E-state index contributed by atoms with van der Waals surface area (Å²) in [6, 6.07) is 33.4. The van der Waals surface area contributed by atoms with Crippen LogP contribution in [-0.2, 0) is 4.57 Å². The van der Waals surface area contributed by atoms with Gasteiger partial charge >= 0.3 is 0 Å². The Morgan fingerprint density at radius 2 is 1.15 bits per heavy atom. The van der Waals surface area contributed by atoms with Gasteiger partial charge in [0.2, 0.25) is 0 Å². The lowest BCUT2D eigenvalue weighted by Gasteiger charge is -2.14. The van der Waals surface area contributed by atoms with E-state index in [-0.39, 0.29) is 8.46 Å². The molecule has 0 amide bonds. The van der Waals surface area contributed by atoms with E-state index in [9.17, 15) is 4.57 Å². The maximum absolute atomic E-state index is 11.1. The summed E-state index contributed by atoms with van der Waals surface area (Å²) in [5, 5.41) is 3.29. The zero-order chi connectivity index (χ0) is 18.2. The standard InChI is InChI=1S/C24H16NOP/c26-27-18-15-13-17(14-16-18)19-7-1-4-10-22(19)25-23-11-5-2-8-20(23)21-9-3-6-12-24(21)25/h1-16H. The minimum atomic E-state index is 0.0506. The van der Waals surface area contributed by atoms with Gasteiger partial charge in [0, 0.05) is 21.6 Å². The van der Waals surface area contributed by atoms with Gasteiger partial charge in [0.05, 0.1) is 16.7 Å². The number of fused-ring (bicyclic) bond motifs is 3. The van der Waals surface area contributed by atoms with Crippen LogP contribution in [-0.4, -0.2) is 4.57 Å². The van der Waals surface area contributed by atoms with Gasteiger partial charge in [0.15, 0.2) is 8.46 Å². The van der Waals surface area contributed by atoms with Gasteiger partial charge in [-0.2, -0.15) is 0 Å². The van der Waals surface area contributed by atoms with Crippen molar-refractivity contribution in [2.75, 3.05) is 0 Å². The summed E-state index contributed by atoms with van der Waals surface area (Å²) < 4.78 is 13.4. The van der Waals surface area contributed by atoms with Crippen molar-refractivity contribution in [3.63, 3.8) is 0 Å². The van der Waals surface area contributed by atoms with E-state index < -0.39 is 0 Å². The fourth-order valence-electron chi connectivity index (χ4n) is 3.80. The highest BCUT2D eigenvalue weighted by atomic mass is 31.1. The molecular formula is C24H16NOP. The highest BCUT2D eigenvalue weighted by Gasteiger charge is 2.14. The molecule has 0 saturated heterocycles. The van der Waals surface area contributed by atoms with E-state index in [1.807, 2.05) is 24.3 Å². The molecule has 0 atom stereocenters. The Bertz CT molecular complexity index is 1230. The Kier molecular flexibility index (Phi) is 3.85. The van der Waals surface area contributed by atoms with Crippen LogP contribution in [0, 0.1) is 0 Å². The lowest BCUT2D eigenvalue weighted by atomic mass is 10.0. The van der Waals surface area contributed by atoms with Crippen LogP contribution in [0.25, 0.3) is 38.6 Å². The van der Waals surface area contributed by atoms with Crippen LogP contribution >= 0.6 is 8.46 Å². The van der Waals surface area contributed by atoms with Gasteiger partial charge in [-0.1, -0.05) is 66.7 Å². The van der Waals surface area contributed by atoms with Crippen LogP contribution in [0.5, 0.6) is 0 Å². The minimum Gasteiger partial charge on any atom is -0.309 e. The molecule has 0 fully saturated rings. The van der Waals surface area contributed by atoms with Crippen LogP contribution in [0.15, 0.2) is 97.1 Å². The quantitative estimate of drug-likeness (QED) is 0.341. The van der Waals surface area contributed by atoms with Gasteiger partial charge in [-0.05, 0) is 35.9 Å². The second-order valence-corrected chi connectivity index (χ2v) is 7.22. The molecule has 0 aliphatic carbocycles. The fourth-order valence-corrected chi connectivity index (χ4v) is 4.07. The first-order valence-electron chi connectivity index (χ1n) is 8.88. The predicted molar refractivity (Wildman–Crippen MR) is 113 cm³/mol. The van der Waals surface area contributed by atoms with Gasteiger partial charge in [-0.25, -0.2) is 0 Å². The second-order valence-electron chi connectivity index (χ2n) is 6.53. The largest absolute Gasteiger partial charge is 0.309 e. The highest BCUT2D eigenvalue weighted by Crippen LogP contribution is 2.35. The average Bonchev–Trinajstić information content (AvgIpc) is 3.08. The fraction of sp³-hybridized carbons (Fsp3) is 0. The van der Waals surface area contributed by atoms with Crippen molar-refractivity contribution in [3.8, 4) is 16.8 Å². The molecular weight excluding hydrogens is 349 g/mol. The Morgan fingerprint density at radius 3 is 1.78 bits per heavy atom. The van der Waals surface area contributed by atoms with E-state index in [0.717, 1.165) is 22.1 Å². The van der Waals surface area contributed by atoms with Gasteiger partial charge in [0.25, 0.3) is 0 Å². The molecule has 0 aliphatic heterocycles. The Labute approximate surface area is 158 Å². The normalized spacial score (nSPS) is 11.4. The Hall–Kier alpha value is -3.22. The summed E-state index contributed by atoms with van der Waals surface area (Å²) in [5.74, 6) is 0. The zero-order valence-corrected chi connectivity index (χ0v) is 15.4. The maximum atomic E-state index is 11.1. The van der Waals surface area contributed by atoms with E-state index in [2.05, 4.69) is 77.4 Å². The van der Waals surface area contributed by atoms with E-state index in [1.165, 1.54) is 21.8 Å². The maximum Gasteiger partial charge on any atom is 0.192 e. The SMILES string of the molecule is O=Pc1ccc(-c2ccccc2-n2c3ccccc3c3ccccc32)cc1. The molecule has 0 unspecified atom stereocenters. The number of nitrogens with zero attached hydrogens (tertiary/aromatic N) is 1. The van der Waals surface area contributed by atoms with Crippen LogP contribution in [0.4, 0.5) is 0 Å². The van der Waals surface area contributed by atoms with Crippen molar-refractivity contribution in [2.24, 2.45) is 0 Å². The van der Waals surface area contributed by atoms with E-state index in [1.54, 1.807) is 0 Å². The molecule has 1 aromatic heterocycles. The Balaban J connectivity index is 1.84. The second kappa shape index (κ2) is 6.50. The van der Waals surface area contributed by atoms with E-state index in [0.29, 0.717) is 0 Å². The molecule has 2 nitrogen and oxygen atoms in total. The van der Waals surface area contributed by atoms with Crippen molar-refractivity contribution in [1.29, 1.82) is 0 Å². The molecule has 0 bridgehead atoms. The van der Waals surface area contributed by atoms with Gasteiger partial charge in [-0.3, -0.25) is 4.57 Å². The number of rotatable bonds is 3. The van der Waals surface area contributed by atoms with Crippen LogP contribution in [0.2, 0.25) is 0 Å². The van der Waals surface area contributed by atoms with Crippen LogP contribution in [0.3, 0.4) is 0 Å². The number of hydrogen-bond donors (Lipinski definition) is 0. The molecule has 0 aliphatic rings. The summed E-state index contributed by atoms with van der Waals surface area (Å²) in [5.41, 5.74) is 5.79. The zero-order valence-electron chi connectivity index (χ0n) is 14.5.